The molecule has 184 valence electrons. The van der Waals surface area contributed by atoms with E-state index in [1.807, 2.05) is 0 Å². The highest BCUT2D eigenvalue weighted by atomic mass is 35.5. The van der Waals surface area contributed by atoms with E-state index in [2.05, 4.69) is 10.3 Å². The van der Waals surface area contributed by atoms with Crippen molar-refractivity contribution in [2.24, 2.45) is 5.73 Å². The van der Waals surface area contributed by atoms with E-state index in [0.717, 1.165) is 17.4 Å². The third kappa shape index (κ3) is 5.94. The van der Waals surface area contributed by atoms with Crippen LogP contribution in [0.2, 0.25) is 5.02 Å². The van der Waals surface area contributed by atoms with Gasteiger partial charge in [-0.1, -0.05) is 35.1 Å². The Labute approximate surface area is 209 Å². The Hall–Kier alpha value is -3.54. The molecule has 0 saturated heterocycles. The maximum Gasteiger partial charge on any atom is 0.251 e. The molecule has 0 spiro atoms. The summed E-state index contributed by atoms with van der Waals surface area (Å²) in [6.45, 7) is 2.25. The molecule has 0 aliphatic carbocycles. The van der Waals surface area contributed by atoms with Crippen molar-refractivity contribution in [1.82, 2.24) is 10.3 Å². The molecule has 2 aromatic carbocycles. The highest BCUT2D eigenvalue weighted by molar-refractivity contribution is 7.18. The summed E-state index contributed by atoms with van der Waals surface area (Å²) in [5.74, 6) is -2.18. The number of nitrogens with one attached hydrogen (secondary N) is 1. The second-order valence-corrected chi connectivity index (χ2v) is 8.80. The number of nitrogens with zero attached hydrogens (tertiary/aromatic N) is 2. The van der Waals surface area contributed by atoms with Crippen LogP contribution in [0.4, 0.5) is 21.0 Å². The van der Waals surface area contributed by atoms with E-state index in [1.165, 1.54) is 55.3 Å². The molecule has 2 amide bonds. The van der Waals surface area contributed by atoms with Gasteiger partial charge in [0.2, 0.25) is 11.7 Å². The number of ether oxygens (including phenoxy) is 1. The number of methoxy groups -OCH3 is 1. The van der Waals surface area contributed by atoms with E-state index in [9.17, 15) is 18.8 Å². The third-order valence-corrected chi connectivity index (χ3v) is 6.41. The molecular weight excluding hydrogens is 497 g/mol. The van der Waals surface area contributed by atoms with E-state index in [0.29, 0.717) is 18.7 Å². The fourth-order valence-corrected chi connectivity index (χ4v) is 4.29. The van der Waals surface area contributed by atoms with Crippen LogP contribution in [0.3, 0.4) is 0 Å². The number of nitrogen functional groups attached to an aromatic ring is 1. The first-order valence-corrected chi connectivity index (χ1v) is 11.5. The first-order valence-electron chi connectivity index (χ1n) is 10.4. The topological polar surface area (TPSA) is 141 Å². The maximum absolute atomic E-state index is 14.1. The number of halogens is 2. The number of amides is 2. The maximum atomic E-state index is 14.1. The summed E-state index contributed by atoms with van der Waals surface area (Å²) in [6.07, 6.45) is 0. The number of nitrogens with two attached hydrogens (primary N) is 2. The molecule has 0 bridgehead atoms. The van der Waals surface area contributed by atoms with Crippen LogP contribution in [-0.4, -0.2) is 48.9 Å². The normalized spacial score (nSPS) is 11.7. The lowest BCUT2D eigenvalue weighted by Crippen LogP contribution is -2.40. The molecule has 3 aromatic rings. The molecule has 3 rings (SSSR count). The molecule has 35 heavy (non-hydrogen) atoms. The number of anilines is 3. The van der Waals surface area contributed by atoms with Gasteiger partial charge in [0.25, 0.3) is 5.91 Å². The van der Waals surface area contributed by atoms with Gasteiger partial charge in [-0.25, -0.2) is 9.37 Å². The molecule has 5 N–H and O–H groups in total. The molecule has 0 saturated carbocycles. The fourth-order valence-electron chi connectivity index (χ4n) is 3.12. The number of rotatable bonds is 10. The van der Waals surface area contributed by atoms with Crippen molar-refractivity contribution in [3.05, 3.63) is 69.3 Å². The first-order chi connectivity index (χ1) is 16.6. The predicted octanol–water partition coefficient (Wildman–Crippen LogP) is 3.14. The summed E-state index contributed by atoms with van der Waals surface area (Å²) in [4.78, 5) is 43.0. The lowest BCUT2D eigenvalue weighted by atomic mass is 10.1. The van der Waals surface area contributed by atoms with Gasteiger partial charge in [-0.05, 0) is 37.3 Å². The average Bonchev–Trinajstić information content (AvgIpc) is 3.21. The molecule has 1 atom stereocenters. The van der Waals surface area contributed by atoms with Crippen molar-refractivity contribution in [2.45, 2.75) is 13.0 Å². The van der Waals surface area contributed by atoms with Gasteiger partial charge in [-0.2, -0.15) is 0 Å². The lowest BCUT2D eigenvalue weighted by molar-refractivity contribution is -0.118. The first kappa shape index (κ1) is 26.1. The zero-order valence-corrected chi connectivity index (χ0v) is 20.5. The predicted molar refractivity (Wildman–Crippen MR) is 133 cm³/mol. The van der Waals surface area contributed by atoms with E-state index in [1.54, 1.807) is 0 Å². The highest BCUT2D eigenvalue weighted by Crippen LogP contribution is 2.36. The molecule has 0 fully saturated rings. The molecule has 9 nitrogen and oxygen atoms in total. The number of benzene rings is 2. The minimum atomic E-state index is -0.931. The summed E-state index contributed by atoms with van der Waals surface area (Å²) in [5, 5.41) is 2.77. The summed E-state index contributed by atoms with van der Waals surface area (Å²) in [6, 6.07) is 9.09. The molecule has 0 radical (unpaired) electrons. The van der Waals surface area contributed by atoms with Crippen LogP contribution in [0.25, 0.3) is 0 Å². The Morgan fingerprint density at radius 2 is 1.86 bits per heavy atom. The van der Waals surface area contributed by atoms with Gasteiger partial charge in [0.15, 0.2) is 5.13 Å². The van der Waals surface area contributed by atoms with Crippen LogP contribution in [-0.2, 0) is 9.53 Å². The smallest absolute Gasteiger partial charge is 0.251 e. The van der Waals surface area contributed by atoms with Crippen LogP contribution < -0.4 is 21.7 Å². The second kappa shape index (κ2) is 11.3. The largest absolute Gasteiger partial charge is 0.383 e. The van der Waals surface area contributed by atoms with Crippen LogP contribution in [0, 0.1) is 5.82 Å². The lowest BCUT2D eigenvalue weighted by Gasteiger charge is -2.26. The molecule has 1 unspecified atom stereocenters. The standard InChI is InChI=1S/C23H23ClFN5O4S/c1-12(21(27)32)30(15-7-8-16(24)17(25)11-15)23-29-20(26)19(35-23)18(31)13-3-5-14(6-4-13)22(33)28-9-10-34-2/h3-8,11-12H,9-10,26H2,1-2H3,(H2,27,32)(H,28,33). The Balaban J connectivity index is 1.90. The number of thiazole rings is 1. The van der Waals surface area contributed by atoms with Gasteiger partial charge < -0.3 is 26.4 Å². The number of aromatic nitrogens is 1. The fraction of sp³-hybridized carbons (Fsp3) is 0.217. The summed E-state index contributed by atoms with van der Waals surface area (Å²) in [7, 11) is 1.53. The molecule has 0 aliphatic heterocycles. The second-order valence-electron chi connectivity index (χ2n) is 7.41. The quantitative estimate of drug-likeness (QED) is 0.276. The van der Waals surface area contributed by atoms with E-state index in [4.69, 9.17) is 27.8 Å². The number of primary amides is 1. The van der Waals surface area contributed by atoms with Gasteiger partial charge >= 0.3 is 0 Å². The Kier molecular flexibility index (Phi) is 8.39. The minimum Gasteiger partial charge on any atom is -0.383 e. The zero-order chi connectivity index (χ0) is 25.7. The molecule has 12 heteroatoms. The number of hydrogen-bond acceptors (Lipinski definition) is 8. The third-order valence-electron chi connectivity index (χ3n) is 5.04. The monoisotopic (exact) mass is 519 g/mol. The van der Waals surface area contributed by atoms with Gasteiger partial charge in [-0.3, -0.25) is 14.4 Å². The zero-order valence-electron chi connectivity index (χ0n) is 18.9. The van der Waals surface area contributed by atoms with E-state index < -0.39 is 23.5 Å². The number of carbonyl (C=O) groups excluding carboxylic acids is 3. The number of carbonyl (C=O) groups is 3. The van der Waals surface area contributed by atoms with Crippen molar-refractivity contribution in [1.29, 1.82) is 0 Å². The molecule has 1 aromatic heterocycles. The summed E-state index contributed by atoms with van der Waals surface area (Å²) < 4.78 is 19.0. The summed E-state index contributed by atoms with van der Waals surface area (Å²) >= 11 is 6.71. The van der Waals surface area contributed by atoms with Crippen LogP contribution in [0.15, 0.2) is 42.5 Å². The van der Waals surface area contributed by atoms with E-state index >= 15 is 0 Å². The number of ketones is 1. The van der Waals surface area contributed by atoms with Crippen LogP contribution in [0.1, 0.15) is 32.5 Å². The van der Waals surface area contributed by atoms with Gasteiger partial charge in [0.1, 0.15) is 22.6 Å². The SMILES string of the molecule is COCCNC(=O)c1ccc(C(=O)c2sc(N(c3ccc(Cl)c(F)c3)C(C)C(N)=O)nc2N)cc1. The minimum absolute atomic E-state index is 0.0625. The van der Waals surface area contributed by atoms with Crippen molar-refractivity contribution in [3.8, 4) is 0 Å². The van der Waals surface area contributed by atoms with Crippen LogP contribution >= 0.6 is 22.9 Å². The average molecular weight is 520 g/mol. The Bertz CT molecular complexity index is 1250. The van der Waals surface area contributed by atoms with Gasteiger partial charge in [0.05, 0.1) is 11.6 Å². The van der Waals surface area contributed by atoms with Crippen LogP contribution in [0.5, 0.6) is 0 Å². The van der Waals surface area contributed by atoms with E-state index in [-0.39, 0.29) is 38.0 Å². The molecular formula is C23H23ClFN5O4S. The van der Waals surface area contributed by atoms with Crippen molar-refractivity contribution >= 4 is 57.2 Å². The molecule has 1 heterocycles. The van der Waals surface area contributed by atoms with Crippen molar-refractivity contribution < 1.29 is 23.5 Å². The van der Waals surface area contributed by atoms with Gasteiger partial charge in [0, 0.05) is 30.5 Å². The number of hydrogen-bond donors (Lipinski definition) is 3. The summed E-state index contributed by atoms with van der Waals surface area (Å²) in [5.41, 5.74) is 12.4. The molecule has 0 aliphatic rings. The van der Waals surface area contributed by atoms with Crippen molar-refractivity contribution in [3.63, 3.8) is 0 Å². The Morgan fingerprint density at radius 3 is 2.46 bits per heavy atom. The Morgan fingerprint density at radius 1 is 1.20 bits per heavy atom. The highest BCUT2D eigenvalue weighted by Gasteiger charge is 2.28. The van der Waals surface area contributed by atoms with Gasteiger partial charge in [-0.15, -0.1) is 0 Å². The van der Waals surface area contributed by atoms with Crippen molar-refractivity contribution in [2.75, 3.05) is 30.9 Å².